The van der Waals surface area contributed by atoms with E-state index in [1.165, 1.54) is 0 Å². The number of aromatic nitrogens is 1. The van der Waals surface area contributed by atoms with E-state index in [9.17, 15) is 9.59 Å². The Bertz CT molecular complexity index is 711. The van der Waals surface area contributed by atoms with Crippen molar-refractivity contribution < 1.29 is 14.1 Å². The van der Waals surface area contributed by atoms with Gasteiger partial charge in [0.1, 0.15) is 11.8 Å². The van der Waals surface area contributed by atoms with Crippen LogP contribution in [-0.4, -0.2) is 34.5 Å². The predicted molar refractivity (Wildman–Crippen MR) is 88.0 cm³/mol. The Balaban J connectivity index is 1.55. The van der Waals surface area contributed by atoms with Crippen molar-refractivity contribution in [3.63, 3.8) is 0 Å². The zero-order valence-corrected chi connectivity index (χ0v) is 13.7. The summed E-state index contributed by atoms with van der Waals surface area (Å²) >= 11 is 0. The molecule has 0 bridgehead atoms. The highest BCUT2D eigenvalue weighted by molar-refractivity contribution is 5.90. The summed E-state index contributed by atoms with van der Waals surface area (Å²) in [5, 5.41) is 6.81. The lowest BCUT2D eigenvalue weighted by molar-refractivity contribution is -0.135. The number of carbonyl (C=O) groups excluding carboxylic acids is 2. The van der Waals surface area contributed by atoms with E-state index < -0.39 is 6.04 Å². The second kappa shape index (κ2) is 7.29. The first kappa shape index (κ1) is 16.2. The first-order chi connectivity index (χ1) is 11.6. The van der Waals surface area contributed by atoms with Gasteiger partial charge in [0.25, 0.3) is 0 Å². The molecular formula is C18H21N3O3. The molecule has 1 aromatic heterocycles. The summed E-state index contributed by atoms with van der Waals surface area (Å²) in [7, 11) is 0. The molecule has 1 N–H and O–H groups in total. The molecule has 1 aliphatic heterocycles. The molecule has 24 heavy (non-hydrogen) atoms. The van der Waals surface area contributed by atoms with Crippen LogP contribution >= 0.6 is 0 Å². The molecule has 2 amide bonds. The van der Waals surface area contributed by atoms with Crippen molar-refractivity contribution in [2.75, 3.05) is 6.54 Å². The average molecular weight is 327 g/mol. The Kier molecular flexibility index (Phi) is 4.93. The summed E-state index contributed by atoms with van der Waals surface area (Å²) in [6.07, 6.45) is 1.61. The van der Waals surface area contributed by atoms with Gasteiger partial charge >= 0.3 is 0 Å². The van der Waals surface area contributed by atoms with Crippen molar-refractivity contribution in [1.82, 2.24) is 15.4 Å². The zero-order valence-electron chi connectivity index (χ0n) is 13.7. The molecular weight excluding hydrogens is 306 g/mol. The van der Waals surface area contributed by atoms with Crippen molar-refractivity contribution in [2.45, 2.75) is 38.8 Å². The third-order valence-electron chi connectivity index (χ3n) is 4.18. The van der Waals surface area contributed by atoms with Gasteiger partial charge in [0.2, 0.25) is 11.8 Å². The molecule has 1 saturated heterocycles. The first-order valence-corrected chi connectivity index (χ1v) is 8.17. The first-order valence-electron chi connectivity index (χ1n) is 8.17. The number of benzene rings is 1. The second-order valence-corrected chi connectivity index (χ2v) is 6.03. The molecule has 3 rings (SSSR count). The normalized spacial score (nSPS) is 17.3. The lowest BCUT2D eigenvalue weighted by Gasteiger charge is -2.24. The molecule has 0 saturated carbocycles. The minimum absolute atomic E-state index is 0.0335. The highest BCUT2D eigenvalue weighted by atomic mass is 16.5. The highest BCUT2D eigenvalue weighted by Crippen LogP contribution is 2.21. The third-order valence-corrected chi connectivity index (χ3v) is 4.18. The molecule has 126 valence electrons. The van der Waals surface area contributed by atoms with Gasteiger partial charge in [-0.3, -0.25) is 9.59 Å². The van der Waals surface area contributed by atoms with Gasteiger partial charge in [0.05, 0.1) is 5.69 Å². The topological polar surface area (TPSA) is 75.4 Å². The van der Waals surface area contributed by atoms with E-state index >= 15 is 0 Å². The van der Waals surface area contributed by atoms with E-state index in [1.54, 1.807) is 4.90 Å². The van der Waals surface area contributed by atoms with Gasteiger partial charge in [0.15, 0.2) is 0 Å². The SMILES string of the molecule is Cc1cc(CCNC(=O)C2CCC(=O)N2Cc2ccccc2)no1. The van der Waals surface area contributed by atoms with Crippen LogP contribution in [-0.2, 0) is 22.6 Å². The lowest BCUT2D eigenvalue weighted by atomic mass is 10.1. The Morgan fingerprint density at radius 2 is 2.17 bits per heavy atom. The Morgan fingerprint density at radius 1 is 1.38 bits per heavy atom. The summed E-state index contributed by atoms with van der Waals surface area (Å²) < 4.78 is 5.00. The molecule has 0 spiro atoms. The molecule has 1 aliphatic rings. The fourth-order valence-electron chi connectivity index (χ4n) is 2.95. The van der Waals surface area contributed by atoms with E-state index in [-0.39, 0.29) is 11.8 Å². The quantitative estimate of drug-likeness (QED) is 0.878. The molecule has 2 heterocycles. The summed E-state index contributed by atoms with van der Waals surface area (Å²) in [4.78, 5) is 26.2. The smallest absolute Gasteiger partial charge is 0.242 e. The van der Waals surface area contributed by atoms with Gasteiger partial charge < -0.3 is 14.7 Å². The van der Waals surface area contributed by atoms with Crippen LogP contribution < -0.4 is 5.32 Å². The number of rotatable bonds is 6. The molecule has 1 atom stereocenters. The van der Waals surface area contributed by atoms with Gasteiger partial charge in [-0.25, -0.2) is 0 Å². The van der Waals surface area contributed by atoms with Gasteiger partial charge in [-0.15, -0.1) is 0 Å². The molecule has 0 aliphatic carbocycles. The van der Waals surface area contributed by atoms with Crippen LogP contribution in [0.4, 0.5) is 0 Å². The Hall–Kier alpha value is -2.63. The molecule has 0 radical (unpaired) electrons. The monoisotopic (exact) mass is 327 g/mol. The summed E-state index contributed by atoms with van der Waals surface area (Å²) in [6.45, 7) is 2.79. The Morgan fingerprint density at radius 3 is 2.88 bits per heavy atom. The van der Waals surface area contributed by atoms with Crippen molar-refractivity contribution >= 4 is 11.8 Å². The number of hydrogen-bond acceptors (Lipinski definition) is 4. The molecule has 2 aromatic rings. The molecule has 1 unspecified atom stereocenters. The third kappa shape index (κ3) is 3.82. The maximum absolute atomic E-state index is 12.4. The van der Waals surface area contributed by atoms with Crippen molar-refractivity contribution in [1.29, 1.82) is 0 Å². The average Bonchev–Trinajstić information content (AvgIpc) is 3.15. The minimum Gasteiger partial charge on any atom is -0.361 e. The van der Waals surface area contributed by atoms with Crippen LogP contribution in [0.1, 0.15) is 29.9 Å². The number of nitrogens with zero attached hydrogens (tertiary/aromatic N) is 2. The van der Waals surface area contributed by atoms with E-state index in [4.69, 9.17) is 4.52 Å². The maximum Gasteiger partial charge on any atom is 0.242 e. The van der Waals surface area contributed by atoms with Gasteiger partial charge in [-0.05, 0) is 18.9 Å². The number of amides is 2. The van der Waals surface area contributed by atoms with Crippen molar-refractivity contribution in [3.8, 4) is 0 Å². The van der Waals surface area contributed by atoms with Crippen LogP contribution in [0.3, 0.4) is 0 Å². The van der Waals surface area contributed by atoms with Crippen LogP contribution in [0.2, 0.25) is 0 Å². The summed E-state index contributed by atoms with van der Waals surface area (Å²) in [5.74, 6) is 0.690. The highest BCUT2D eigenvalue weighted by Gasteiger charge is 2.35. The van der Waals surface area contributed by atoms with E-state index in [0.29, 0.717) is 32.4 Å². The van der Waals surface area contributed by atoms with E-state index in [0.717, 1.165) is 17.0 Å². The molecule has 6 heteroatoms. The molecule has 6 nitrogen and oxygen atoms in total. The second-order valence-electron chi connectivity index (χ2n) is 6.03. The van der Waals surface area contributed by atoms with E-state index in [2.05, 4.69) is 10.5 Å². The summed E-state index contributed by atoms with van der Waals surface area (Å²) in [6, 6.07) is 11.2. The number of aryl methyl sites for hydroxylation is 1. The van der Waals surface area contributed by atoms with Crippen LogP contribution in [0, 0.1) is 6.92 Å². The predicted octanol–water partition coefficient (Wildman–Crippen LogP) is 1.83. The maximum atomic E-state index is 12.4. The number of hydrogen-bond donors (Lipinski definition) is 1. The number of likely N-dealkylation sites (tertiary alicyclic amines) is 1. The lowest BCUT2D eigenvalue weighted by Crippen LogP contribution is -2.44. The Labute approximate surface area is 140 Å². The van der Waals surface area contributed by atoms with Crippen LogP contribution in [0.25, 0.3) is 0 Å². The zero-order chi connectivity index (χ0) is 16.9. The fraction of sp³-hybridized carbons (Fsp3) is 0.389. The van der Waals surface area contributed by atoms with Gasteiger partial charge in [0, 0.05) is 32.0 Å². The summed E-state index contributed by atoms with van der Waals surface area (Å²) in [5.41, 5.74) is 1.85. The standard InChI is InChI=1S/C18H21N3O3/c1-13-11-15(20-24-13)9-10-19-18(23)16-7-8-17(22)21(16)12-14-5-3-2-4-6-14/h2-6,11,16H,7-10,12H2,1H3,(H,19,23). The number of carbonyl (C=O) groups is 2. The minimum atomic E-state index is -0.392. The number of nitrogens with one attached hydrogen (secondary N) is 1. The largest absolute Gasteiger partial charge is 0.361 e. The molecule has 1 aromatic carbocycles. The van der Waals surface area contributed by atoms with Crippen molar-refractivity contribution in [2.24, 2.45) is 0 Å². The molecule has 1 fully saturated rings. The van der Waals surface area contributed by atoms with Crippen LogP contribution in [0.15, 0.2) is 40.9 Å². The van der Waals surface area contributed by atoms with Crippen LogP contribution in [0.5, 0.6) is 0 Å². The van der Waals surface area contributed by atoms with Crippen molar-refractivity contribution in [3.05, 3.63) is 53.4 Å². The van der Waals surface area contributed by atoms with Gasteiger partial charge in [-0.1, -0.05) is 35.5 Å². The van der Waals surface area contributed by atoms with E-state index in [1.807, 2.05) is 43.3 Å². The van der Waals surface area contributed by atoms with Gasteiger partial charge in [-0.2, -0.15) is 0 Å². The fourth-order valence-corrected chi connectivity index (χ4v) is 2.95.